The van der Waals surface area contributed by atoms with Gasteiger partial charge in [0.1, 0.15) is 0 Å². The van der Waals surface area contributed by atoms with Crippen LogP contribution in [-0.4, -0.2) is 30.2 Å². The lowest BCUT2D eigenvalue weighted by molar-refractivity contribution is -0.131. The molecule has 3 aromatic rings. The minimum Gasteiger partial charge on any atom is -0.478 e. The summed E-state index contributed by atoms with van der Waals surface area (Å²) in [4.78, 5) is 16.2. The van der Waals surface area contributed by atoms with Crippen LogP contribution in [0.3, 0.4) is 0 Å². The molecule has 108 valence electrons. The lowest BCUT2D eigenvalue weighted by Gasteiger charge is -2.02. The second-order valence-corrected chi connectivity index (χ2v) is 5.63. The van der Waals surface area contributed by atoms with Crippen molar-refractivity contribution in [2.45, 2.75) is 20.8 Å². The number of rotatable bonds is 3. The lowest BCUT2D eigenvalue weighted by Crippen LogP contribution is -2.02. The Labute approximate surface area is 125 Å². The van der Waals surface area contributed by atoms with E-state index in [0.29, 0.717) is 11.5 Å². The van der Waals surface area contributed by atoms with Gasteiger partial charge in [0.2, 0.25) is 0 Å². The third-order valence-electron chi connectivity index (χ3n) is 3.52. The summed E-state index contributed by atoms with van der Waals surface area (Å²) < 4.78 is 3.64. The summed E-state index contributed by atoms with van der Waals surface area (Å²) in [6.45, 7) is 5.94. The van der Waals surface area contributed by atoms with Crippen molar-refractivity contribution in [2.75, 3.05) is 0 Å². The molecule has 7 heteroatoms. The lowest BCUT2D eigenvalue weighted by atomic mass is 10.2. The maximum absolute atomic E-state index is 10.8. The molecular formula is C14H14N4O2S. The normalized spacial score (nSPS) is 11.8. The first-order chi connectivity index (χ1) is 9.99. The van der Waals surface area contributed by atoms with Gasteiger partial charge < -0.3 is 5.11 Å². The maximum atomic E-state index is 10.8. The first-order valence-electron chi connectivity index (χ1n) is 6.39. The number of hydrogen-bond acceptors (Lipinski definition) is 4. The van der Waals surface area contributed by atoms with E-state index in [2.05, 4.69) is 10.1 Å². The SMILES string of the molecule is Cc1nn(-c2nc3sccn3c2/C=C/C(=O)O)c(C)c1C. The van der Waals surface area contributed by atoms with Crippen LogP contribution in [0.25, 0.3) is 16.9 Å². The molecule has 0 spiro atoms. The van der Waals surface area contributed by atoms with E-state index < -0.39 is 5.97 Å². The van der Waals surface area contributed by atoms with Gasteiger partial charge in [-0.2, -0.15) is 10.1 Å². The van der Waals surface area contributed by atoms with Crippen LogP contribution in [0.5, 0.6) is 0 Å². The Kier molecular flexibility index (Phi) is 3.13. The average Bonchev–Trinajstić information content (AvgIpc) is 3.06. The Morgan fingerprint density at radius 2 is 2.14 bits per heavy atom. The van der Waals surface area contributed by atoms with Gasteiger partial charge in [0.05, 0.1) is 11.4 Å². The van der Waals surface area contributed by atoms with Gasteiger partial charge >= 0.3 is 5.97 Å². The molecule has 1 N–H and O–H groups in total. The number of carboxylic acids is 1. The Hall–Kier alpha value is -2.41. The highest BCUT2D eigenvalue weighted by Gasteiger charge is 2.17. The Morgan fingerprint density at radius 3 is 2.76 bits per heavy atom. The standard InChI is InChI=1S/C14H14N4O2S/c1-8-9(2)16-18(10(8)3)13-11(4-5-12(19)20)17-6-7-21-14(17)15-13/h4-7H,1-3H3,(H,19,20)/b5-4+. The molecule has 0 atom stereocenters. The molecule has 3 aromatic heterocycles. The Morgan fingerprint density at radius 1 is 1.38 bits per heavy atom. The van der Waals surface area contributed by atoms with Gasteiger partial charge in [-0.25, -0.2) is 9.48 Å². The molecule has 0 aliphatic rings. The number of hydrogen-bond donors (Lipinski definition) is 1. The van der Waals surface area contributed by atoms with E-state index in [9.17, 15) is 4.79 Å². The van der Waals surface area contributed by atoms with E-state index in [0.717, 1.165) is 28.0 Å². The van der Waals surface area contributed by atoms with Gasteiger partial charge in [-0.3, -0.25) is 4.40 Å². The molecule has 0 fully saturated rings. The zero-order valence-electron chi connectivity index (χ0n) is 11.9. The third-order valence-corrected chi connectivity index (χ3v) is 4.27. The predicted octanol–water partition coefficient (Wildman–Crippen LogP) is 2.60. The molecule has 0 aliphatic heterocycles. The van der Waals surface area contributed by atoms with Crippen molar-refractivity contribution < 1.29 is 9.90 Å². The van der Waals surface area contributed by atoms with Crippen molar-refractivity contribution in [3.63, 3.8) is 0 Å². The van der Waals surface area contributed by atoms with Crippen LogP contribution in [0.4, 0.5) is 0 Å². The molecule has 0 bridgehead atoms. The van der Waals surface area contributed by atoms with Gasteiger partial charge in [0.15, 0.2) is 10.8 Å². The quantitative estimate of drug-likeness (QED) is 0.755. The summed E-state index contributed by atoms with van der Waals surface area (Å²) in [6, 6.07) is 0. The third kappa shape index (κ3) is 2.15. The van der Waals surface area contributed by atoms with E-state index in [-0.39, 0.29) is 0 Å². The van der Waals surface area contributed by atoms with Crippen molar-refractivity contribution in [1.29, 1.82) is 0 Å². The molecule has 6 nitrogen and oxygen atoms in total. The summed E-state index contributed by atoms with van der Waals surface area (Å²) in [5, 5.41) is 15.3. The molecule has 0 aliphatic carbocycles. The number of aromatic nitrogens is 4. The van der Waals surface area contributed by atoms with Crippen LogP contribution < -0.4 is 0 Å². The summed E-state index contributed by atoms with van der Waals surface area (Å²) in [6.07, 6.45) is 4.54. The number of carbonyl (C=O) groups is 1. The summed E-state index contributed by atoms with van der Waals surface area (Å²) >= 11 is 1.50. The molecule has 3 rings (SSSR count). The molecule has 0 saturated heterocycles. The van der Waals surface area contributed by atoms with Gasteiger partial charge in [-0.1, -0.05) is 0 Å². The van der Waals surface area contributed by atoms with Crippen LogP contribution in [0, 0.1) is 20.8 Å². The topological polar surface area (TPSA) is 72.4 Å². The number of nitrogens with zero attached hydrogens (tertiary/aromatic N) is 4. The molecule has 0 aromatic carbocycles. The molecule has 0 saturated carbocycles. The van der Waals surface area contributed by atoms with Gasteiger partial charge in [0, 0.05) is 23.3 Å². The van der Waals surface area contributed by atoms with E-state index in [4.69, 9.17) is 5.11 Å². The predicted molar refractivity (Wildman–Crippen MR) is 81.1 cm³/mol. The highest BCUT2D eigenvalue weighted by atomic mass is 32.1. The van der Waals surface area contributed by atoms with Crippen molar-refractivity contribution in [3.05, 3.63) is 40.3 Å². The number of carboxylic acid groups (broad SMARTS) is 1. The van der Waals surface area contributed by atoms with Crippen molar-refractivity contribution >= 4 is 28.3 Å². The smallest absolute Gasteiger partial charge is 0.328 e. The average molecular weight is 302 g/mol. The molecule has 3 heterocycles. The van der Waals surface area contributed by atoms with Crippen molar-refractivity contribution in [2.24, 2.45) is 0 Å². The van der Waals surface area contributed by atoms with Gasteiger partial charge in [-0.15, -0.1) is 11.3 Å². The maximum Gasteiger partial charge on any atom is 0.328 e. The zero-order chi connectivity index (χ0) is 15.1. The monoisotopic (exact) mass is 302 g/mol. The summed E-state index contributed by atoms with van der Waals surface area (Å²) in [5.41, 5.74) is 3.76. The van der Waals surface area contributed by atoms with Crippen LogP contribution in [-0.2, 0) is 4.79 Å². The van der Waals surface area contributed by atoms with Gasteiger partial charge in [0.25, 0.3) is 0 Å². The van der Waals surface area contributed by atoms with E-state index in [1.54, 1.807) is 10.8 Å². The van der Waals surface area contributed by atoms with E-state index in [1.165, 1.54) is 11.3 Å². The molecule has 0 radical (unpaired) electrons. The van der Waals surface area contributed by atoms with Crippen LogP contribution in [0.15, 0.2) is 17.7 Å². The first-order valence-corrected chi connectivity index (χ1v) is 7.26. The number of aryl methyl sites for hydroxylation is 1. The number of fused-ring (bicyclic) bond motifs is 1. The minimum atomic E-state index is -0.990. The number of thiazole rings is 1. The second kappa shape index (κ2) is 4.85. The first kappa shape index (κ1) is 13.6. The fraction of sp³-hybridized carbons (Fsp3) is 0.214. The summed E-state index contributed by atoms with van der Waals surface area (Å²) in [7, 11) is 0. The number of imidazole rings is 1. The largest absolute Gasteiger partial charge is 0.478 e. The fourth-order valence-electron chi connectivity index (χ4n) is 2.18. The fourth-order valence-corrected chi connectivity index (χ4v) is 2.90. The highest BCUT2D eigenvalue weighted by molar-refractivity contribution is 7.15. The van der Waals surface area contributed by atoms with E-state index >= 15 is 0 Å². The second-order valence-electron chi connectivity index (χ2n) is 4.76. The molecule has 0 unspecified atom stereocenters. The highest BCUT2D eigenvalue weighted by Crippen LogP contribution is 2.24. The van der Waals surface area contributed by atoms with E-state index in [1.807, 2.05) is 36.7 Å². The molecule has 0 amide bonds. The van der Waals surface area contributed by atoms with Crippen molar-refractivity contribution in [1.82, 2.24) is 19.2 Å². The Bertz CT molecular complexity index is 869. The summed E-state index contributed by atoms with van der Waals surface area (Å²) in [5.74, 6) is -0.344. The minimum absolute atomic E-state index is 0.646. The van der Waals surface area contributed by atoms with Crippen LogP contribution in [0.1, 0.15) is 22.6 Å². The zero-order valence-corrected chi connectivity index (χ0v) is 12.7. The van der Waals surface area contributed by atoms with Crippen LogP contribution in [0.2, 0.25) is 0 Å². The van der Waals surface area contributed by atoms with Crippen molar-refractivity contribution in [3.8, 4) is 5.82 Å². The Balaban J connectivity index is 2.26. The van der Waals surface area contributed by atoms with Crippen LogP contribution >= 0.6 is 11.3 Å². The number of aliphatic carboxylic acids is 1. The molecule has 21 heavy (non-hydrogen) atoms. The molecular weight excluding hydrogens is 288 g/mol. The van der Waals surface area contributed by atoms with Gasteiger partial charge in [-0.05, 0) is 32.4 Å².